The highest BCUT2D eigenvalue weighted by Gasteiger charge is 2.22. The van der Waals surface area contributed by atoms with E-state index in [0.29, 0.717) is 5.82 Å². The predicted molar refractivity (Wildman–Crippen MR) is 131 cm³/mol. The molecule has 0 aliphatic carbocycles. The van der Waals surface area contributed by atoms with Crippen LogP contribution in [0.2, 0.25) is 5.02 Å². The van der Waals surface area contributed by atoms with Crippen LogP contribution in [0.15, 0.2) is 29.1 Å². The third-order valence-electron chi connectivity index (χ3n) is 5.38. The molecule has 38 heavy (non-hydrogen) atoms. The molecule has 0 saturated heterocycles. The number of carboxylic acids is 1. The van der Waals surface area contributed by atoms with Crippen molar-refractivity contribution in [1.82, 2.24) is 19.5 Å². The minimum Gasteiger partial charge on any atom is -0.496 e. The van der Waals surface area contributed by atoms with Gasteiger partial charge in [-0.05, 0) is 19.1 Å². The number of hydrogen-bond donors (Lipinski definition) is 2. The topological polar surface area (TPSA) is 138 Å². The number of nitrogens with one attached hydrogen (secondary N) is 1. The Morgan fingerprint density at radius 1 is 1.11 bits per heavy atom. The van der Waals surface area contributed by atoms with Gasteiger partial charge in [-0.2, -0.15) is 4.98 Å². The van der Waals surface area contributed by atoms with E-state index in [1.54, 1.807) is 6.92 Å². The Hall–Kier alpha value is -4.39. The van der Waals surface area contributed by atoms with Crippen LogP contribution in [-0.2, 0) is 11.4 Å². The number of imidazole rings is 1. The van der Waals surface area contributed by atoms with Crippen molar-refractivity contribution in [2.75, 3.05) is 20.8 Å². The Bertz CT molecular complexity index is 1590. The van der Waals surface area contributed by atoms with Gasteiger partial charge in [-0.3, -0.25) is 9.78 Å². The van der Waals surface area contributed by atoms with E-state index in [0.717, 1.165) is 10.6 Å². The van der Waals surface area contributed by atoms with E-state index in [1.807, 2.05) is 0 Å². The number of carboxylic acid groups (broad SMARTS) is 1. The van der Waals surface area contributed by atoms with Crippen LogP contribution in [0.4, 0.5) is 8.78 Å². The lowest BCUT2D eigenvalue weighted by Gasteiger charge is -2.17. The zero-order chi connectivity index (χ0) is 27.6. The Labute approximate surface area is 218 Å². The van der Waals surface area contributed by atoms with Gasteiger partial charge in [0.2, 0.25) is 5.88 Å². The van der Waals surface area contributed by atoms with Crippen LogP contribution >= 0.6 is 11.6 Å². The Morgan fingerprint density at radius 3 is 2.53 bits per heavy atom. The molecule has 2 aromatic heterocycles. The van der Waals surface area contributed by atoms with Gasteiger partial charge in [-0.1, -0.05) is 11.6 Å². The van der Waals surface area contributed by atoms with Crippen molar-refractivity contribution in [2.24, 2.45) is 0 Å². The fourth-order valence-corrected chi connectivity index (χ4v) is 3.89. The number of hydrogen-bond acceptors (Lipinski definition) is 8. The zero-order valence-electron chi connectivity index (χ0n) is 20.3. The number of H-pyrrole nitrogens is 1. The number of aromatic amines is 1. The summed E-state index contributed by atoms with van der Waals surface area (Å²) in [5.41, 5.74) is -0.351. The third kappa shape index (κ3) is 5.18. The fourth-order valence-electron chi connectivity index (χ4n) is 3.65. The molecular weight excluding hydrogens is 530 g/mol. The minimum atomic E-state index is -1.17. The standard InChI is InChI=1S/C24H21ClF2N4O7/c1-11-28-22-21(23(29-11)36-3)30-24(34)31(22)15-9-18(17(8-13(15)25)37-7-6-19(32)33)38-10-12-16(35-2)5-4-14(26)20(12)27/h4-5,8-9H,6-7,10H2,1-3H3,(H,30,34)(H,32,33). The van der Waals surface area contributed by atoms with Crippen LogP contribution in [0.25, 0.3) is 16.9 Å². The molecular formula is C24H21ClF2N4O7. The molecule has 0 atom stereocenters. The van der Waals surface area contributed by atoms with E-state index >= 15 is 0 Å². The van der Waals surface area contributed by atoms with Gasteiger partial charge < -0.3 is 24.1 Å². The summed E-state index contributed by atoms with van der Waals surface area (Å²) in [6.07, 6.45) is -0.330. The van der Waals surface area contributed by atoms with Crippen molar-refractivity contribution >= 4 is 28.7 Å². The van der Waals surface area contributed by atoms with Crippen molar-refractivity contribution in [1.29, 1.82) is 0 Å². The number of nitrogens with zero attached hydrogens (tertiary/aromatic N) is 3. The van der Waals surface area contributed by atoms with Crippen molar-refractivity contribution in [3.8, 4) is 28.8 Å². The van der Waals surface area contributed by atoms with Gasteiger partial charge in [0.1, 0.15) is 23.7 Å². The van der Waals surface area contributed by atoms with Crippen LogP contribution in [-0.4, -0.2) is 51.4 Å². The molecule has 11 nitrogen and oxygen atoms in total. The first-order chi connectivity index (χ1) is 18.1. The highest BCUT2D eigenvalue weighted by atomic mass is 35.5. The highest BCUT2D eigenvalue weighted by Crippen LogP contribution is 2.37. The Morgan fingerprint density at radius 2 is 1.84 bits per heavy atom. The van der Waals surface area contributed by atoms with Crippen LogP contribution in [0, 0.1) is 18.6 Å². The van der Waals surface area contributed by atoms with Gasteiger partial charge in [-0.15, -0.1) is 0 Å². The molecule has 0 aliphatic heterocycles. The molecule has 2 N–H and O–H groups in total. The Kier molecular flexibility index (Phi) is 7.67. The number of halogens is 3. The molecule has 0 bridgehead atoms. The molecule has 0 amide bonds. The first-order valence-corrected chi connectivity index (χ1v) is 11.4. The monoisotopic (exact) mass is 550 g/mol. The van der Waals surface area contributed by atoms with E-state index < -0.39 is 29.9 Å². The Balaban J connectivity index is 1.83. The number of fused-ring (bicyclic) bond motifs is 1. The van der Waals surface area contributed by atoms with Gasteiger partial charge in [0.15, 0.2) is 28.8 Å². The lowest BCUT2D eigenvalue weighted by atomic mass is 10.2. The SMILES string of the molecule is COc1ccc(F)c(F)c1COc1cc(-n2c(=O)[nH]c3c(OC)nc(C)nc32)c(Cl)cc1OCCC(=O)O. The molecule has 0 unspecified atom stereocenters. The van der Waals surface area contributed by atoms with E-state index in [9.17, 15) is 18.4 Å². The highest BCUT2D eigenvalue weighted by molar-refractivity contribution is 6.32. The molecule has 0 fully saturated rings. The number of aliphatic carboxylic acids is 1. The zero-order valence-corrected chi connectivity index (χ0v) is 21.1. The quantitative estimate of drug-likeness (QED) is 0.302. The van der Waals surface area contributed by atoms with Gasteiger partial charge in [-0.25, -0.2) is 23.1 Å². The molecule has 14 heteroatoms. The van der Waals surface area contributed by atoms with Crippen LogP contribution in [0.5, 0.6) is 23.1 Å². The molecule has 2 heterocycles. The van der Waals surface area contributed by atoms with Gasteiger partial charge in [0.05, 0.1) is 43.5 Å². The molecule has 0 aliphatic rings. The summed E-state index contributed by atoms with van der Waals surface area (Å²) >= 11 is 6.50. The lowest BCUT2D eigenvalue weighted by Crippen LogP contribution is -2.16. The summed E-state index contributed by atoms with van der Waals surface area (Å²) in [7, 11) is 2.68. The number of benzene rings is 2. The van der Waals surface area contributed by atoms with E-state index in [2.05, 4.69) is 15.0 Å². The lowest BCUT2D eigenvalue weighted by molar-refractivity contribution is -0.137. The van der Waals surface area contributed by atoms with Gasteiger partial charge in [0.25, 0.3) is 0 Å². The molecule has 200 valence electrons. The molecule has 0 spiro atoms. The van der Waals surface area contributed by atoms with Crippen molar-refractivity contribution in [3.63, 3.8) is 0 Å². The smallest absolute Gasteiger partial charge is 0.332 e. The first kappa shape index (κ1) is 26.7. The first-order valence-electron chi connectivity index (χ1n) is 11.0. The number of carbonyl (C=O) groups is 1. The second kappa shape index (κ2) is 10.9. The summed E-state index contributed by atoms with van der Waals surface area (Å²) in [6, 6.07) is 4.81. The van der Waals surface area contributed by atoms with Crippen molar-refractivity contribution < 1.29 is 37.6 Å². The summed E-state index contributed by atoms with van der Waals surface area (Å²) in [5, 5.41) is 8.98. The average molecular weight is 551 g/mol. The number of ether oxygens (including phenoxy) is 4. The van der Waals surface area contributed by atoms with E-state index in [4.69, 9.17) is 35.7 Å². The van der Waals surface area contributed by atoms with E-state index in [1.165, 1.54) is 32.4 Å². The fraction of sp³-hybridized carbons (Fsp3) is 0.250. The van der Waals surface area contributed by atoms with E-state index in [-0.39, 0.29) is 63.6 Å². The number of rotatable bonds is 10. The predicted octanol–water partition coefficient (Wildman–Crippen LogP) is 3.80. The average Bonchev–Trinajstić information content (AvgIpc) is 3.20. The van der Waals surface area contributed by atoms with Crippen LogP contribution in [0.1, 0.15) is 17.8 Å². The summed E-state index contributed by atoms with van der Waals surface area (Å²) < 4.78 is 51.2. The van der Waals surface area contributed by atoms with Crippen molar-refractivity contribution in [2.45, 2.75) is 20.0 Å². The maximum Gasteiger partial charge on any atom is 0.332 e. The molecule has 0 radical (unpaired) electrons. The molecule has 4 rings (SSSR count). The maximum absolute atomic E-state index is 14.5. The number of methoxy groups -OCH3 is 2. The number of aromatic nitrogens is 4. The molecule has 0 saturated carbocycles. The van der Waals surface area contributed by atoms with Crippen molar-refractivity contribution in [3.05, 3.63) is 62.8 Å². The maximum atomic E-state index is 14.5. The second-order valence-corrected chi connectivity index (χ2v) is 8.22. The normalized spacial score (nSPS) is 11.0. The summed E-state index contributed by atoms with van der Waals surface area (Å²) in [5.74, 6) is -2.91. The second-order valence-electron chi connectivity index (χ2n) is 7.82. The van der Waals surface area contributed by atoms with Crippen LogP contribution < -0.4 is 24.6 Å². The van der Waals surface area contributed by atoms with Gasteiger partial charge in [0, 0.05) is 12.1 Å². The largest absolute Gasteiger partial charge is 0.496 e. The third-order valence-corrected chi connectivity index (χ3v) is 5.68. The van der Waals surface area contributed by atoms with Crippen LogP contribution in [0.3, 0.4) is 0 Å². The minimum absolute atomic E-state index is 0.00653. The summed E-state index contributed by atoms with van der Waals surface area (Å²) in [6.45, 7) is 0.872. The van der Waals surface area contributed by atoms with Gasteiger partial charge >= 0.3 is 11.7 Å². The number of aryl methyl sites for hydroxylation is 1. The molecule has 4 aromatic rings. The summed E-state index contributed by atoms with van der Waals surface area (Å²) in [4.78, 5) is 35.0. The molecule has 2 aromatic carbocycles.